The zero-order valence-electron chi connectivity index (χ0n) is 11.9. The minimum absolute atomic E-state index is 0.725. The lowest BCUT2D eigenvalue weighted by Gasteiger charge is -2.38. The molecule has 1 heterocycles. The van der Waals surface area contributed by atoms with Gasteiger partial charge < -0.3 is 5.32 Å². The van der Waals surface area contributed by atoms with Crippen LogP contribution in [0.1, 0.15) is 58.8 Å². The summed E-state index contributed by atoms with van der Waals surface area (Å²) in [6.07, 6.45) is 9.91. The molecule has 17 heavy (non-hydrogen) atoms. The normalized spacial score (nSPS) is 41.1. The Balaban J connectivity index is 2.03. The number of hydrogen-bond donors (Lipinski definition) is 1. The monoisotopic (exact) mass is 238 g/mol. The maximum atomic E-state index is 3.59. The van der Waals surface area contributed by atoms with E-state index in [0.29, 0.717) is 0 Å². The Morgan fingerprint density at radius 3 is 2.29 bits per heavy atom. The van der Waals surface area contributed by atoms with E-state index in [1.807, 2.05) is 0 Å². The molecule has 1 aliphatic carbocycles. The van der Waals surface area contributed by atoms with Gasteiger partial charge in [-0.05, 0) is 39.2 Å². The first-order valence-electron chi connectivity index (χ1n) is 7.65. The quantitative estimate of drug-likeness (QED) is 0.795. The summed E-state index contributed by atoms with van der Waals surface area (Å²) in [7, 11) is 2.16. The number of likely N-dealkylation sites (tertiary alicyclic amines) is 1. The first kappa shape index (κ1) is 13.4. The zero-order valence-corrected chi connectivity index (χ0v) is 11.9. The van der Waals surface area contributed by atoms with Crippen molar-refractivity contribution in [2.45, 2.75) is 76.9 Å². The number of nitrogens with one attached hydrogen (secondary N) is 1. The fourth-order valence-electron chi connectivity index (χ4n) is 3.99. The molecule has 2 rings (SSSR count). The molecular formula is C15H30N2. The van der Waals surface area contributed by atoms with Gasteiger partial charge in [0.15, 0.2) is 0 Å². The Morgan fingerprint density at radius 2 is 1.71 bits per heavy atom. The third-order valence-electron chi connectivity index (χ3n) is 4.86. The average molecular weight is 238 g/mol. The summed E-state index contributed by atoms with van der Waals surface area (Å²) in [5, 5.41) is 3.59. The van der Waals surface area contributed by atoms with E-state index in [1.54, 1.807) is 0 Å². The maximum absolute atomic E-state index is 3.59. The van der Waals surface area contributed by atoms with Crippen LogP contribution in [-0.4, -0.2) is 36.6 Å². The second-order valence-electron chi connectivity index (χ2n) is 6.34. The predicted molar refractivity (Wildman–Crippen MR) is 74.3 cm³/mol. The fraction of sp³-hybridized carbons (Fsp3) is 1.00. The van der Waals surface area contributed by atoms with Crippen LogP contribution in [0.15, 0.2) is 0 Å². The van der Waals surface area contributed by atoms with E-state index < -0.39 is 0 Å². The molecule has 2 aliphatic rings. The number of hydrogen-bond acceptors (Lipinski definition) is 2. The third-order valence-corrected chi connectivity index (χ3v) is 4.86. The third kappa shape index (κ3) is 3.23. The van der Waals surface area contributed by atoms with Crippen LogP contribution >= 0.6 is 0 Å². The topological polar surface area (TPSA) is 15.3 Å². The molecule has 4 atom stereocenters. The molecule has 0 aromatic heterocycles. The summed E-state index contributed by atoms with van der Waals surface area (Å²) >= 11 is 0. The van der Waals surface area contributed by atoms with Crippen molar-refractivity contribution in [2.24, 2.45) is 5.92 Å². The van der Waals surface area contributed by atoms with Crippen LogP contribution in [0, 0.1) is 5.92 Å². The van der Waals surface area contributed by atoms with Crippen LogP contribution < -0.4 is 5.32 Å². The standard InChI is InChI=1S/C15H30N2/c1-12-10-13(2)17(11-12)15-9-7-5-4-6-8-14(15)16-3/h12-16H,4-11H2,1-3H3. The molecule has 0 spiro atoms. The van der Waals surface area contributed by atoms with Crippen molar-refractivity contribution in [1.82, 2.24) is 10.2 Å². The minimum atomic E-state index is 0.725. The Kier molecular flexibility index (Phi) is 4.87. The van der Waals surface area contributed by atoms with Crippen LogP contribution in [0.4, 0.5) is 0 Å². The summed E-state index contributed by atoms with van der Waals surface area (Å²) in [6, 6.07) is 2.31. The highest BCUT2D eigenvalue weighted by molar-refractivity contribution is 4.92. The fourth-order valence-corrected chi connectivity index (χ4v) is 3.99. The highest BCUT2D eigenvalue weighted by atomic mass is 15.2. The number of nitrogens with zero attached hydrogens (tertiary/aromatic N) is 1. The van der Waals surface area contributed by atoms with E-state index >= 15 is 0 Å². The molecule has 2 fully saturated rings. The smallest absolute Gasteiger partial charge is 0.0252 e. The highest BCUT2D eigenvalue weighted by Crippen LogP contribution is 2.30. The zero-order chi connectivity index (χ0) is 12.3. The summed E-state index contributed by atoms with van der Waals surface area (Å²) in [4.78, 5) is 2.80. The molecular weight excluding hydrogens is 208 g/mol. The molecule has 0 aromatic rings. The van der Waals surface area contributed by atoms with Crippen molar-refractivity contribution in [1.29, 1.82) is 0 Å². The van der Waals surface area contributed by atoms with Gasteiger partial charge in [-0.2, -0.15) is 0 Å². The van der Waals surface area contributed by atoms with Gasteiger partial charge in [0.1, 0.15) is 0 Å². The van der Waals surface area contributed by atoms with Gasteiger partial charge in [0.25, 0.3) is 0 Å². The Hall–Kier alpha value is -0.0800. The summed E-state index contributed by atoms with van der Waals surface area (Å²) in [5.74, 6) is 0.896. The molecule has 2 nitrogen and oxygen atoms in total. The molecule has 1 saturated carbocycles. The van der Waals surface area contributed by atoms with Gasteiger partial charge >= 0.3 is 0 Å². The molecule has 0 radical (unpaired) electrons. The molecule has 100 valence electrons. The SMILES string of the molecule is CNC1CCCCCCC1N1CC(C)CC1C. The van der Waals surface area contributed by atoms with Crippen molar-refractivity contribution in [2.75, 3.05) is 13.6 Å². The number of rotatable bonds is 2. The molecule has 4 unspecified atom stereocenters. The van der Waals surface area contributed by atoms with E-state index in [9.17, 15) is 0 Å². The van der Waals surface area contributed by atoms with Gasteiger partial charge in [0.05, 0.1) is 0 Å². The molecule has 2 heteroatoms. The van der Waals surface area contributed by atoms with Gasteiger partial charge in [-0.25, -0.2) is 0 Å². The van der Waals surface area contributed by atoms with Gasteiger partial charge in [-0.3, -0.25) is 4.90 Å². The number of likely N-dealkylation sites (N-methyl/N-ethyl adjacent to an activating group) is 1. The van der Waals surface area contributed by atoms with Crippen LogP contribution in [0.3, 0.4) is 0 Å². The molecule has 0 bridgehead atoms. The Bertz CT molecular complexity index is 229. The van der Waals surface area contributed by atoms with Gasteiger partial charge in [0.2, 0.25) is 0 Å². The van der Waals surface area contributed by atoms with E-state index in [-0.39, 0.29) is 0 Å². The van der Waals surface area contributed by atoms with E-state index in [1.165, 1.54) is 51.5 Å². The Morgan fingerprint density at radius 1 is 1.00 bits per heavy atom. The van der Waals surface area contributed by atoms with Crippen LogP contribution in [0.25, 0.3) is 0 Å². The maximum Gasteiger partial charge on any atom is 0.0252 e. The summed E-state index contributed by atoms with van der Waals surface area (Å²) in [5.41, 5.74) is 0. The first-order chi connectivity index (χ1) is 8.22. The lowest BCUT2D eigenvalue weighted by molar-refractivity contribution is 0.128. The summed E-state index contributed by atoms with van der Waals surface area (Å²) in [6.45, 7) is 6.16. The van der Waals surface area contributed by atoms with Crippen LogP contribution in [0.2, 0.25) is 0 Å². The van der Waals surface area contributed by atoms with Gasteiger partial charge in [-0.15, -0.1) is 0 Å². The lowest BCUT2D eigenvalue weighted by atomic mass is 9.91. The van der Waals surface area contributed by atoms with Crippen molar-refractivity contribution in [3.63, 3.8) is 0 Å². The van der Waals surface area contributed by atoms with Crippen molar-refractivity contribution in [3.05, 3.63) is 0 Å². The highest BCUT2D eigenvalue weighted by Gasteiger charge is 2.35. The van der Waals surface area contributed by atoms with E-state index in [2.05, 4.69) is 31.1 Å². The van der Waals surface area contributed by atoms with Gasteiger partial charge in [-0.1, -0.05) is 32.6 Å². The largest absolute Gasteiger partial charge is 0.315 e. The van der Waals surface area contributed by atoms with Crippen molar-refractivity contribution < 1.29 is 0 Å². The molecule has 0 aromatic carbocycles. The van der Waals surface area contributed by atoms with Crippen LogP contribution in [-0.2, 0) is 0 Å². The minimum Gasteiger partial charge on any atom is -0.315 e. The lowest BCUT2D eigenvalue weighted by Crippen LogP contribution is -2.50. The summed E-state index contributed by atoms with van der Waals surface area (Å²) < 4.78 is 0. The Labute approximate surface area is 107 Å². The first-order valence-corrected chi connectivity index (χ1v) is 7.65. The predicted octanol–water partition coefficient (Wildman–Crippen LogP) is 3.03. The van der Waals surface area contributed by atoms with Crippen LogP contribution in [0.5, 0.6) is 0 Å². The van der Waals surface area contributed by atoms with Gasteiger partial charge in [0, 0.05) is 24.7 Å². The average Bonchev–Trinajstić information content (AvgIpc) is 2.58. The molecule has 1 saturated heterocycles. The van der Waals surface area contributed by atoms with Crippen molar-refractivity contribution >= 4 is 0 Å². The van der Waals surface area contributed by atoms with E-state index in [4.69, 9.17) is 0 Å². The second-order valence-corrected chi connectivity index (χ2v) is 6.34. The molecule has 1 N–H and O–H groups in total. The molecule has 0 amide bonds. The van der Waals surface area contributed by atoms with Crippen molar-refractivity contribution in [3.8, 4) is 0 Å². The van der Waals surface area contributed by atoms with E-state index in [0.717, 1.165) is 24.0 Å². The second kappa shape index (κ2) is 6.19. The molecule has 1 aliphatic heterocycles.